The topological polar surface area (TPSA) is 38.8 Å². The quantitative estimate of drug-likeness (QED) is 0.699. The van der Waals surface area contributed by atoms with Crippen molar-refractivity contribution in [3.05, 3.63) is 20.8 Å². The number of ether oxygens (including phenoxy) is 2. The first kappa shape index (κ1) is 15.9. The van der Waals surface area contributed by atoms with Crippen molar-refractivity contribution in [2.45, 2.75) is 31.9 Å². The SMILES string of the molecule is COC(=O)CCN(Cc1sccc1Br)CC1CCCO1. The highest BCUT2D eigenvalue weighted by atomic mass is 79.9. The van der Waals surface area contributed by atoms with Crippen molar-refractivity contribution >= 4 is 33.2 Å². The third-order valence-electron chi connectivity index (χ3n) is 3.40. The molecule has 2 rings (SSSR count). The molecule has 1 aromatic heterocycles. The number of carbonyl (C=O) groups is 1. The van der Waals surface area contributed by atoms with E-state index in [2.05, 4.69) is 32.3 Å². The van der Waals surface area contributed by atoms with Crippen LogP contribution in [0.5, 0.6) is 0 Å². The average molecular weight is 362 g/mol. The van der Waals surface area contributed by atoms with Gasteiger partial charge in [-0.3, -0.25) is 9.69 Å². The Labute approximate surface area is 132 Å². The molecule has 1 aliphatic heterocycles. The van der Waals surface area contributed by atoms with Gasteiger partial charge in [0, 0.05) is 35.6 Å². The molecule has 0 N–H and O–H groups in total. The van der Waals surface area contributed by atoms with Crippen molar-refractivity contribution in [3.8, 4) is 0 Å². The molecular formula is C14H20BrNO3S. The second-order valence-corrected chi connectivity index (χ2v) is 6.74. The maximum absolute atomic E-state index is 11.3. The normalized spacial score (nSPS) is 18.6. The van der Waals surface area contributed by atoms with Gasteiger partial charge < -0.3 is 9.47 Å². The molecule has 0 aromatic carbocycles. The highest BCUT2D eigenvalue weighted by Gasteiger charge is 2.20. The molecule has 0 saturated carbocycles. The lowest BCUT2D eigenvalue weighted by atomic mass is 10.2. The van der Waals surface area contributed by atoms with Gasteiger partial charge in [0.2, 0.25) is 0 Å². The van der Waals surface area contributed by atoms with Crippen LogP contribution in [0.3, 0.4) is 0 Å². The minimum atomic E-state index is -0.160. The van der Waals surface area contributed by atoms with Crippen molar-refractivity contribution in [1.29, 1.82) is 0 Å². The highest BCUT2D eigenvalue weighted by molar-refractivity contribution is 9.10. The molecule has 6 heteroatoms. The molecule has 0 aliphatic carbocycles. The standard InChI is InChI=1S/C14H20BrNO3S/c1-18-14(17)4-6-16(9-11-3-2-7-19-11)10-13-12(15)5-8-20-13/h5,8,11H,2-4,6-7,9-10H2,1H3. The minimum Gasteiger partial charge on any atom is -0.469 e. The summed E-state index contributed by atoms with van der Waals surface area (Å²) in [6.07, 6.45) is 2.97. The Bertz CT molecular complexity index is 432. The van der Waals surface area contributed by atoms with Crippen LogP contribution in [0.2, 0.25) is 0 Å². The second kappa shape index (κ2) is 8.12. The van der Waals surface area contributed by atoms with Crippen LogP contribution in [0.15, 0.2) is 15.9 Å². The zero-order valence-electron chi connectivity index (χ0n) is 11.6. The van der Waals surface area contributed by atoms with Crippen molar-refractivity contribution in [2.24, 2.45) is 0 Å². The fourth-order valence-electron chi connectivity index (χ4n) is 2.30. The minimum absolute atomic E-state index is 0.160. The van der Waals surface area contributed by atoms with Gasteiger partial charge in [-0.15, -0.1) is 11.3 Å². The van der Waals surface area contributed by atoms with E-state index in [-0.39, 0.29) is 5.97 Å². The maximum Gasteiger partial charge on any atom is 0.306 e. The number of nitrogens with zero attached hydrogens (tertiary/aromatic N) is 1. The summed E-state index contributed by atoms with van der Waals surface area (Å²) in [5.74, 6) is -0.160. The summed E-state index contributed by atoms with van der Waals surface area (Å²) in [6.45, 7) is 3.28. The Kier molecular flexibility index (Phi) is 6.48. The van der Waals surface area contributed by atoms with E-state index >= 15 is 0 Å². The zero-order valence-corrected chi connectivity index (χ0v) is 14.0. The average Bonchev–Trinajstić information content (AvgIpc) is 3.08. The third-order valence-corrected chi connectivity index (χ3v) is 5.32. The maximum atomic E-state index is 11.3. The summed E-state index contributed by atoms with van der Waals surface area (Å²) in [5, 5.41) is 2.07. The van der Waals surface area contributed by atoms with Gasteiger partial charge in [0.1, 0.15) is 0 Å². The van der Waals surface area contributed by atoms with Gasteiger partial charge in [-0.2, -0.15) is 0 Å². The second-order valence-electron chi connectivity index (χ2n) is 4.89. The predicted octanol–water partition coefficient (Wildman–Crippen LogP) is 3.05. The molecule has 0 radical (unpaired) electrons. The van der Waals surface area contributed by atoms with E-state index in [0.717, 1.165) is 37.0 Å². The first-order valence-corrected chi connectivity index (χ1v) is 8.49. The molecule has 4 nitrogen and oxygen atoms in total. The monoisotopic (exact) mass is 361 g/mol. The summed E-state index contributed by atoms with van der Waals surface area (Å²) < 4.78 is 11.6. The van der Waals surface area contributed by atoms with E-state index < -0.39 is 0 Å². The predicted molar refractivity (Wildman–Crippen MR) is 82.9 cm³/mol. The molecule has 0 spiro atoms. The number of esters is 1. The summed E-state index contributed by atoms with van der Waals surface area (Å²) in [7, 11) is 1.43. The van der Waals surface area contributed by atoms with Crippen molar-refractivity contribution in [3.63, 3.8) is 0 Å². The third kappa shape index (κ3) is 4.84. The number of methoxy groups -OCH3 is 1. The van der Waals surface area contributed by atoms with E-state index in [9.17, 15) is 4.79 Å². The Morgan fingerprint density at radius 2 is 2.50 bits per heavy atom. The number of hydrogen-bond donors (Lipinski definition) is 0. The van der Waals surface area contributed by atoms with Crippen LogP contribution in [0.4, 0.5) is 0 Å². The molecule has 0 amide bonds. The molecule has 1 saturated heterocycles. The molecule has 1 atom stereocenters. The molecule has 112 valence electrons. The van der Waals surface area contributed by atoms with Crippen LogP contribution < -0.4 is 0 Å². The smallest absolute Gasteiger partial charge is 0.306 e. The lowest BCUT2D eigenvalue weighted by molar-refractivity contribution is -0.141. The Balaban J connectivity index is 1.91. The summed E-state index contributed by atoms with van der Waals surface area (Å²) in [4.78, 5) is 14.9. The van der Waals surface area contributed by atoms with Crippen molar-refractivity contribution in [1.82, 2.24) is 4.90 Å². The molecule has 1 unspecified atom stereocenters. The molecule has 1 aliphatic rings. The number of hydrogen-bond acceptors (Lipinski definition) is 5. The van der Waals surface area contributed by atoms with Crippen LogP contribution in [-0.2, 0) is 20.8 Å². The van der Waals surface area contributed by atoms with Crippen LogP contribution >= 0.6 is 27.3 Å². The molecule has 1 aromatic rings. The van der Waals surface area contributed by atoms with E-state index in [0.29, 0.717) is 19.1 Å². The summed E-state index contributed by atoms with van der Waals surface area (Å²) >= 11 is 5.29. The Hall–Kier alpha value is -0.430. The number of halogens is 1. The lowest BCUT2D eigenvalue weighted by Crippen LogP contribution is -2.33. The van der Waals surface area contributed by atoms with Crippen LogP contribution in [-0.4, -0.2) is 43.8 Å². The Morgan fingerprint density at radius 1 is 1.65 bits per heavy atom. The molecular weight excluding hydrogens is 342 g/mol. The van der Waals surface area contributed by atoms with Crippen molar-refractivity contribution < 1.29 is 14.3 Å². The summed E-state index contributed by atoms with van der Waals surface area (Å²) in [5.41, 5.74) is 0. The fraction of sp³-hybridized carbons (Fsp3) is 0.643. The zero-order chi connectivity index (χ0) is 14.4. The van der Waals surface area contributed by atoms with E-state index in [1.54, 1.807) is 11.3 Å². The van der Waals surface area contributed by atoms with Gasteiger partial charge in [-0.05, 0) is 40.2 Å². The van der Waals surface area contributed by atoms with Crippen LogP contribution in [0.1, 0.15) is 24.1 Å². The fourth-order valence-corrected chi connectivity index (χ4v) is 3.82. The van der Waals surface area contributed by atoms with Gasteiger partial charge >= 0.3 is 5.97 Å². The van der Waals surface area contributed by atoms with E-state index in [1.807, 2.05) is 0 Å². The van der Waals surface area contributed by atoms with Gasteiger partial charge in [0.15, 0.2) is 0 Å². The number of rotatable bonds is 7. The summed E-state index contributed by atoms with van der Waals surface area (Å²) in [6, 6.07) is 2.06. The van der Waals surface area contributed by atoms with E-state index in [4.69, 9.17) is 9.47 Å². The van der Waals surface area contributed by atoms with E-state index in [1.165, 1.54) is 12.0 Å². The molecule has 20 heavy (non-hydrogen) atoms. The largest absolute Gasteiger partial charge is 0.469 e. The first-order chi connectivity index (χ1) is 9.69. The first-order valence-electron chi connectivity index (χ1n) is 6.81. The van der Waals surface area contributed by atoms with Gasteiger partial charge in [-0.25, -0.2) is 0 Å². The highest BCUT2D eigenvalue weighted by Crippen LogP contribution is 2.25. The van der Waals surface area contributed by atoms with Gasteiger partial charge in [0.25, 0.3) is 0 Å². The van der Waals surface area contributed by atoms with Gasteiger partial charge in [0.05, 0.1) is 19.6 Å². The van der Waals surface area contributed by atoms with Gasteiger partial charge in [-0.1, -0.05) is 0 Å². The molecule has 2 heterocycles. The van der Waals surface area contributed by atoms with Crippen molar-refractivity contribution in [2.75, 3.05) is 26.8 Å². The van der Waals surface area contributed by atoms with Crippen LogP contribution in [0.25, 0.3) is 0 Å². The molecule has 1 fully saturated rings. The number of thiophene rings is 1. The number of carbonyl (C=O) groups excluding carboxylic acids is 1. The Morgan fingerprint density at radius 3 is 3.10 bits per heavy atom. The lowest BCUT2D eigenvalue weighted by Gasteiger charge is -2.24. The van der Waals surface area contributed by atoms with Crippen LogP contribution in [0, 0.1) is 0 Å². The molecule has 0 bridgehead atoms.